The van der Waals surface area contributed by atoms with E-state index in [1.165, 1.54) is 4.90 Å². The van der Waals surface area contributed by atoms with Crippen LogP contribution in [0.5, 0.6) is 5.19 Å². The number of fused-ring (bicyclic) bond motifs is 1. The molecule has 3 aromatic rings. The number of carbonyl (C=O) groups is 1. The first kappa shape index (κ1) is 19.5. The number of amides is 1. The molecule has 1 saturated heterocycles. The summed E-state index contributed by atoms with van der Waals surface area (Å²) in [6, 6.07) is 10.6. The number of benzene rings is 1. The van der Waals surface area contributed by atoms with Crippen LogP contribution in [0.1, 0.15) is 16.8 Å². The summed E-state index contributed by atoms with van der Waals surface area (Å²) < 4.78 is 34.7. The summed E-state index contributed by atoms with van der Waals surface area (Å²) in [7, 11) is 3.67. The van der Waals surface area contributed by atoms with E-state index >= 15 is 0 Å². The number of para-hydroxylation sites is 1. The molecule has 0 bridgehead atoms. The molecule has 1 aliphatic rings. The Bertz CT molecular complexity index is 1010. The van der Waals surface area contributed by atoms with E-state index in [9.17, 15) is 13.6 Å². The van der Waals surface area contributed by atoms with Crippen LogP contribution in [0.4, 0.5) is 14.5 Å². The van der Waals surface area contributed by atoms with Crippen LogP contribution in [0.2, 0.25) is 0 Å². The minimum absolute atomic E-state index is 0.0329. The summed E-state index contributed by atoms with van der Waals surface area (Å²) in [5.41, 5.74) is 1.81. The Labute approximate surface area is 170 Å². The molecule has 1 amide bonds. The molecular formula is C20H20F2N4O2S. The number of aromatic nitrogens is 2. The molecule has 4 rings (SSSR count). The molecule has 6 nitrogen and oxygen atoms in total. The molecule has 0 spiro atoms. The second-order valence-electron chi connectivity index (χ2n) is 7.09. The van der Waals surface area contributed by atoms with Gasteiger partial charge in [-0.05, 0) is 24.3 Å². The van der Waals surface area contributed by atoms with Crippen molar-refractivity contribution in [2.75, 3.05) is 32.1 Å². The van der Waals surface area contributed by atoms with Crippen molar-refractivity contribution in [3.63, 3.8) is 0 Å². The van der Waals surface area contributed by atoms with Crippen molar-refractivity contribution in [2.45, 2.75) is 18.4 Å². The lowest BCUT2D eigenvalue weighted by Crippen LogP contribution is -2.55. The van der Waals surface area contributed by atoms with E-state index in [1.807, 2.05) is 31.1 Å². The first-order valence-corrected chi connectivity index (χ1v) is 9.98. The van der Waals surface area contributed by atoms with Gasteiger partial charge in [0.1, 0.15) is 10.3 Å². The molecule has 1 atom stereocenters. The molecule has 2 aromatic heterocycles. The van der Waals surface area contributed by atoms with E-state index in [-0.39, 0.29) is 24.2 Å². The zero-order valence-electron chi connectivity index (χ0n) is 16.0. The number of thiazole rings is 1. The number of rotatable bonds is 4. The fourth-order valence-electron chi connectivity index (χ4n) is 3.31. The Morgan fingerprint density at radius 3 is 2.83 bits per heavy atom. The predicted molar refractivity (Wildman–Crippen MR) is 108 cm³/mol. The molecule has 0 N–H and O–H groups in total. The van der Waals surface area contributed by atoms with Gasteiger partial charge in [0, 0.05) is 38.9 Å². The van der Waals surface area contributed by atoms with Crippen LogP contribution < -0.4 is 9.64 Å². The first-order valence-electron chi connectivity index (χ1n) is 9.17. The molecule has 9 heteroatoms. The fourth-order valence-corrected chi connectivity index (χ4v) is 4.12. The van der Waals surface area contributed by atoms with Crippen LogP contribution in [-0.4, -0.2) is 60.0 Å². The summed E-state index contributed by atoms with van der Waals surface area (Å²) >= 11 is 1.12. The lowest BCUT2D eigenvalue weighted by molar-refractivity contribution is -0.130. The SMILES string of the molecule is CN(C)c1ccccc1C(=O)N1CCC(F)(F)C(Oc2nc3cccnc3s2)C1. The van der Waals surface area contributed by atoms with Crippen LogP contribution >= 0.6 is 11.3 Å². The van der Waals surface area contributed by atoms with Gasteiger partial charge in [0.15, 0.2) is 6.10 Å². The third kappa shape index (κ3) is 3.87. The van der Waals surface area contributed by atoms with Crippen molar-refractivity contribution in [3.8, 4) is 5.19 Å². The number of nitrogens with zero attached hydrogens (tertiary/aromatic N) is 4. The van der Waals surface area contributed by atoms with Crippen molar-refractivity contribution in [2.24, 2.45) is 0 Å². The quantitative estimate of drug-likeness (QED) is 0.647. The highest BCUT2D eigenvalue weighted by Gasteiger charge is 2.47. The number of carbonyl (C=O) groups excluding carboxylic acids is 1. The standard InChI is InChI=1S/C20H20F2N4O2S/c1-25(2)15-8-4-3-6-13(15)18(27)26-11-9-20(21,22)16(12-26)28-19-24-14-7-5-10-23-17(14)29-19/h3-8,10,16H,9,11-12H2,1-2H3. The summed E-state index contributed by atoms with van der Waals surface area (Å²) in [6.07, 6.45) is -0.314. The Hall–Kier alpha value is -2.81. The summed E-state index contributed by atoms with van der Waals surface area (Å²) in [5, 5.41) is 0.131. The maximum atomic E-state index is 14.5. The zero-order valence-corrected chi connectivity index (χ0v) is 16.8. The van der Waals surface area contributed by atoms with Crippen LogP contribution in [-0.2, 0) is 0 Å². The Morgan fingerprint density at radius 2 is 2.07 bits per heavy atom. The number of alkyl halides is 2. The highest BCUT2D eigenvalue weighted by molar-refractivity contribution is 7.19. The van der Waals surface area contributed by atoms with E-state index < -0.39 is 18.4 Å². The highest BCUT2D eigenvalue weighted by atomic mass is 32.1. The number of pyridine rings is 1. The largest absolute Gasteiger partial charge is 0.458 e. The van der Waals surface area contributed by atoms with Crippen molar-refractivity contribution < 1.29 is 18.3 Å². The number of likely N-dealkylation sites (tertiary alicyclic amines) is 1. The molecule has 0 aliphatic carbocycles. The average molecular weight is 418 g/mol. The van der Waals surface area contributed by atoms with Gasteiger partial charge in [-0.2, -0.15) is 0 Å². The Kier molecular flexibility index (Phi) is 5.08. The minimum atomic E-state index is -3.05. The molecule has 0 saturated carbocycles. The van der Waals surface area contributed by atoms with Crippen molar-refractivity contribution in [1.29, 1.82) is 0 Å². The van der Waals surface area contributed by atoms with E-state index in [1.54, 1.807) is 30.5 Å². The second kappa shape index (κ2) is 7.55. The van der Waals surface area contributed by atoms with Gasteiger partial charge < -0.3 is 14.5 Å². The Morgan fingerprint density at radius 1 is 1.28 bits per heavy atom. The van der Waals surface area contributed by atoms with Gasteiger partial charge in [-0.3, -0.25) is 4.79 Å². The van der Waals surface area contributed by atoms with E-state index in [4.69, 9.17) is 4.74 Å². The molecule has 152 valence electrons. The average Bonchev–Trinajstić information content (AvgIpc) is 3.11. The molecule has 1 unspecified atom stereocenters. The Balaban J connectivity index is 1.56. The molecule has 1 aromatic carbocycles. The summed E-state index contributed by atoms with van der Waals surface area (Å²) in [6.45, 7) is -0.244. The molecule has 1 aliphatic heterocycles. The van der Waals surface area contributed by atoms with Crippen molar-refractivity contribution in [1.82, 2.24) is 14.9 Å². The number of hydrogen-bond acceptors (Lipinski definition) is 6. The van der Waals surface area contributed by atoms with Crippen LogP contribution in [0.15, 0.2) is 42.6 Å². The summed E-state index contributed by atoms with van der Waals surface area (Å²) in [4.78, 5) is 25.3. The predicted octanol–water partition coefficient (Wildman–Crippen LogP) is 3.69. The molecule has 1 fully saturated rings. The number of hydrogen-bond donors (Lipinski definition) is 0. The van der Waals surface area contributed by atoms with E-state index in [0.717, 1.165) is 17.0 Å². The van der Waals surface area contributed by atoms with Gasteiger partial charge in [-0.1, -0.05) is 23.5 Å². The number of halogens is 2. The second-order valence-corrected chi connectivity index (χ2v) is 8.03. The zero-order chi connectivity index (χ0) is 20.6. The fraction of sp³-hybridized carbons (Fsp3) is 0.350. The molecular weight excluding hydrogens is 398 g/mol. The van der Waals surface area contributed by atoms with Crippen molar-refractivity contribution in [3.05, 3.63) is 48.2 Å². The highest BCUT2D eigenvalue weighted by Crippen LogP contribution is 2.35. The van der Waals surface area contributed by atoms with Gasteiger partial charge in [0.25, 0.3) is 17.0 Å². The van der Waals surface area contributed by atoms with E-state index in [2.05, 4.69) is 9.97 Å². The van der Waals surface area contributed by atoms with Gasteiger partial charge in [-0.15, -0.1) is 0 Å². The van der Waals surface area contributed by atoms with Crippen LogP contribution in [0.3, 0.4) is 0 Å². The van der Waals surface area contributed by atoms with Gasteiger partial charge >= 0.3 is 0 Å². The van der Waals surface area contributed by atoms with Gasteiger partial charge in [0.2, 0.25) is 0 Å². The molecule has 0 radical (unpaired) electrons. The first-order chi connectivity index (χ1) is 13.8. The van der Waals surface area contributed by atoms with Gasteiger partial charge in [0.05, 0.1) is 12.1 Å². The lowest BCUT2D eigenvalue weighted by Gasteiger charge is -2.38. The van der Waals surface area contributed by atoms with Crippen LogP contribution in [0, 0.1) is 0 Å². The summed E-state index contributed by atoms with van der Waals surface area (Å²) in [5.74, 6) is -3.34. The third-order valence-electron chi connectivity index (χ3n) is 4.87. The third-order valence-corrected chi connectivity index (χ3v) is 5.74. The monoisotopic (exact) mass is 418 g/mol. The van der Waals surface area contributed by atoms with Crippen molar-refractivity contribution >= 4 is 33.3 Å². The molecule has 3 heterocycles. The maximum absolute atomic E-state index is 14.5. The smallest absolute Gasteiger partial charge is 0.287 e. The maximum Gasteiger partial charge on any atom is 0.287 e. The van der Waals surface area contributed by atoms with Gasteiger partial charge in [-0.25, -0.2) is 18.7 Å². The van der Waals surface area contributed by atoms with E-state index in [0.29, 0.717) is 15.9 Å². The number of ether oxygens (including phenoxy) is 1. The topological polar surface area (TPSA) is 58.6 Å². The number of anilines is 1. The number of piperidine rings is 1. The lowest BCUT2D eigenvalue weighted by atomic mass is 10.0. The normalized spacial score (nSPS) is 18.6. The van der Waals surface area contributed by atoms with Crippen LogP contribution in [0.25, 0.3) is 10.3 Å². The molecule has 29 heavy (non-hydrogen) atoms. The minimum Gasteiger partial charge on any atom is -0.458 e.